The third-order valence-corrected chi connectivity index (χ3v) is 3.95. The van der Waals surface area contributed by atoms with Crippen molar-refractivity contribution in [1.82, 2.24) is 14.9 Å². The number of nitrogens with one attached hydrogen (secondary N) is 1. The van der Waals surface area contributed by atoms with Gasteiger partial charge in [0, 0.05) is 5.70 Å². The van der Waals surface area contributed by atoms with Gasteiger partial charge in [-0.2, -0.15) is 0 Å². The maximum Gasteiger partial charge on any atom is 0.262 e. The molecular weight excluding hydrogens is 266 g/mol. The van der Waals surface area contributed by atoms with E-state index in [4.69, 9.17) is 0 Å². The molecule has 1 aliphatic heterocycles. The zero-order valence-electron chi connectivity index (χ0n) is 12.1. The lowest BCUT2D eigenvalue weighted by molar-refractivity contribution is -0.124. The second-order valence-electron chi connectivity index (χ2n) is 5.45. The van der Waals surface area contributed by atoms with Crippen LogP contribution in [0.15, 0.2) is 35.3 Å². The molecule has 0 unspecified atom stereocenters. The molecule has 1 aliphatic rings. The molecule has 0 aliphatic carbocycles. The highest BCUT2D eigenvalue weighted by Crippen LogP contribution is 2.23. The number of piperidine rings is 1. The number of aryl methyl sites for hydroxylation is 2. The van der Waals surface area contributed by atoms with Crippen LogP contribution in [0.25, 0.3) is 10.9 Å². The lowest BCUT2D eigenvalue weighted by Gasteiger charge is -2.26. The first-order valence-electron chi connectivity index (χ1n) is 6.96. The Bertz CT molecular complexity index is 820. The second-order valence-corrected chi connectivity index (χ2v) is 5.45. The molecular formula is C16H17N3O2. The minimum atomic E-state index is -0.514. The zero-order valence-corrected chi connectivity index (χ0v) is 12.1. The standard InChI is InChI=1S/C16H17N3O2/c1-9-5-4-6-12-14(9)16(21)19(11(3)18-12)13-8-7-10(2)17-15(13)20/h4-6,13H,2,7-8H2,1,3H3,(H,17,20)/t13-/m0/s1. The van der Waals surface area contributed by atoms with Crippen LogP contribution in [0.1, 0.15) is 30.3 Å². The molecule has 5 nitrogen and oxygen atoms in total. The Morgan fingerprint density at radius 3 is 2.81 bits per heavy atom. The largest absolute Gasteiger partial charge is 0.329 e. The van der Waals surface area contributed by atoms with Gasteiger partial charge in [-0.1, -0.05) is 18.7 Å². The number of allylic oxidation sites excluding steroid dienone is 1. The summed E-state index contributed by atoms with van der Waals surface area (Å²) in [4.78, 5) is 29.5. The van der Waals surface area contributed by atoms with Gasteiger partial charge in [-0.15, -0.1) is 0 Å². The monoisotopic (exact) mass is 283 g/mol. The van der Waals surface area contributed by atoms with Gasteiger partial charge in [0.25, 0.3) is 5.56 Å². The highest BCUT2D eigenvalue weighted by Gasteiger charge is 2.28. The highest BCUT2D eigenvalue weighted by molar-refractivity contribution is 5.85. The number of fused-ring (bicyclic) bond motifs is 1. The summed E-state index contributed by atoms with van der Waals surface area (Å²) in [5.74, 6) is 0.372. The molecule has 0 bridgehead atoms. The van der Waals surface area contributed by atoms with E-state index >= 15 is 0 Å². The molecule has 1 aromatic carbocycles. The molecule has 0 radical (unpaired) electrons. The van der Waals surface area contributed by atoms with Crippen molar-refractivity contribution < 1.29 is 4.79 Å². The van der Waals surface area contributed by atoms with E-state index in [0.717, 1.165) is 5.56 Å². The maximum atomic E-state index is 12.8. The van der Waals surface area contributed by atoms with Crippen molar-refractivity contribution in [3.05, 3.63) is 52.2 Å². The smallest absolute Gasteiger partial charge is 0.262 e. The molecule has 1 fully saturated rings. The Balaban J connectivity index is 2.24. The normalized spacial score (nSPS) is 18.9. The Labute approximate surface area is 122 Å². The fraction of sp³-hybridized carbons (Fsp3) is 0.312. The molecule has 1 atom stereocenters. The van der Waals surface area contributed by atoms with E-state index in [1.54, 1.807) is 6.92 Å². The third kappa shape index (κ3) is 2.14. The third-order valence-electron chi connectivity index (χ3n) is 3.95. The Hall–Kier alpha value is -2.43. The molecule has 1 saturated heterocycles. The average molecular weight is 283 g/mol. The van der Waals surface area contributed by atoms with Crippen molar-refractivity contribution in [3.63, 3.8) is 0 Å². The average Bonchev–Trinajstić information content (AvgIpc) is 2.40. The van der Waals surface area contributed by atoms with Crippen molar-refractivity contribution in [3.8, 4) is 0 Å². The number of hydrogen-bond donors (Lipinski definition) is 1. The molecule has 108 valence electrons. The number of benzene rings is 1. The van der Waals surface area contributed by atoms with Gasteiger partial charge in [0.2, 0.25) is 5.91 Å². The minimum Gasteiger partial charge on any atom is -0.329 e. The van der Waals surface area contributed by atoms with Crippen LogP contribution in [0.4, 0.5) is 0 Å². The molecule has 0 spiro atoms. The quantitative estimate of drug-likeness (QED) is 0.870. The number of amides is 1. The summed E-state index contributed by atoms with van der Waals surface area (Å²) in [6, 6.07) is 5.07. The first-order chi connectivity index (χ1) is 9.99. The number of carbonyl (C=O) groups excluding carboxylic acids is 1. The van der Waals surface area contributed by atoms with E-state index in [1.807, 2.05) is 25.1 Å². The van der Waals surface area contributed by atoms with Gasteiger partial charge in [0.15, 0.2) is 0 Å². The van der Waals surface area contributed by atoms with Gasteiger partial charge >= 0.3 is 0 Å². The van der Waals surface area contributed by atoms with E-state index in [2.05, 4.69) is 16.9 Å². The molecule has 5 heteroatoms. The summed E-state index contributed by atoms with van der Waals surface area (Å²) in [5.41, 5.74) is 2.10. The fourth-order valence-electron chi connectivity index (χ4n) is 2.89. The van der Waals surface area contributed by atoms with E-state index in [-0.39, 0.29) is 11.5 Å². The lowest BCUT2D eigenvalue weighted by Crippen LogP contribution is -2.41. The first-order valence-corrected chi connectivity index (χ1v) is 6.96. The van der Waals surface area contributed by atoms with Crippen LogP contribution in [0.5, 0.6) is 0 Å². The van der Waals surface area contributed by atoms with E-state index in [9.17, 15) is 9.59 Å². The number of rotatable bonds is 1. The molecule has 21 heavy (non-hydrogen) atoms. The van der Waals surface area contributed by atoms with Gasteiger partial charge in [0.1, 0.15) is 11.9 Å². The Morgan fingerprint density at radius 2 is 2.10 bits per heavy atom. The number of aromatic nitrogens is 2. The predicted molar refractivity (Wildman–Crippen MR) is 81.0 cm³/mol. The van der Waals surface area contributed by atoms with Crippen LogP contribution in [0, 0.1) is 13.8 Å². The molecule has 1 N–H and O–H groups in total. The predicted octanol–water partition coefficient (Wildman–Crippen LogP) is 1.98. The van der Waals surface area contributed by atoms with Gasteiger partial charge < -0.3 is 5.32 Å². The van der Waals surface area contributed by atoms with Crippen LogP contribution < -0.4 is 10.9 Å². The Morgan fingerprint density at radius 1 is 1.33 bits per heavy atom. The van der Waals surface area contributed by atoms with Crippen LogP contribution in [-0.4, -0.2) is 15.5 Å². The SMILES string of the molecule is C=C1CC[C@H](n2c(C)nc3cccc(C)c3c2=O)C(=O)N1. The summed E-state index contributed by atoms with van der Waals surface area (Å²) < 4.78 is 1.51. The fourth-order valence-corrected chi connectivity index (χ4v) is 2.89. The van der Waals surface area contributed by atoms with Gasteiger partial charge in [-0.3, -0.25) is 14.2 Å². The topological polar surface area (TPSA) is 64.0 Å². The van der Waals surface area contributed by atoms with Gasteiger partial charge in [-0.05, 0) is 38.3 Å². The van der Waals surface area contributed by atoms with Crippen LogP contribution in [0.2, 0.25) is 0 Å². The van der Waals surface area contributed by atoms with Crippen molar-refractivity contribution in [1.29, 1.82) is 0 Å². The first kappa shape index (κ1) is 13.5. The van der Waals surface area contributed by atoms with Gasteiger partial charge in [-0.25, -0.2) is 4.98 Å². The Kier molecular flexibility index (Phi) is 3.12. The van der Waals surface area contributed by atoms with Crippen molar-refractivity contribution >= 4 is 16.8 Å². The van der Waals surface area contributed by atoms with Crippen LogP contribution in [-0.2, 0) is 4.79 Å². The van der Waals surface area contributed by atoms with Crippen LogP contribution in [0.3, 0.4) is 0 Å². The maximum absolute atomic E-state index is 12.8. The molecule has 3 rings (SSSR count). The number of nitrogens with zero attached hydrogens (tertiary/aromatic N) is 2. The van der Waals surface area contributed by atoms with Crippen molar-refractivity contribution in [2.75, 3.05) is 0 Å². The second kappa shape index (κ2) is 4.84. The van der Waals surface area contributed by atoms with E-state index in [0.29, 0.717) is 35.3 Å². The minimum absolute atomic E-state index is 0.150. The summed E-state index contributed by atoms with van der Waals surface area (Å²) in [6.07, 6.45) is 1.25. The zero-order chi connectivity index (χ0) is 15.1. The van der Waals surface area contributed by atoms with E-state index in [1.165, 1.54) is 4.57 Å². The molecule has 0 saturated carbocycles. The number of hydrogen-bond acceptors (Lipinski definition) is 3. The number of carbonyl (C=O) groups is 1. The summed E-state index contributed by atoms with van der Waals surface area (Å²) >= 11 is 0. The summed E-state index contributed by atoms with van der Waals surface area (Å²) in [5, 5.41) is 3.31. The highest BCUT2D eigenvalue weighted by atomic mass is 16.2. The van der Waals surface area contributed by atoms with E-state index < -0.39 is 6.04 Å². The molecule has 1 amide bonds. The summed E-state index contributed by atoms with van der Waals surface area (Å²) in [7, 11) is 0. The molecule has 1 aromatic heterocycles. The van der Waals surface area contributed by atoms with Gasteiger partial charge in [0.05, 0.1) is 10.9 Å². The van der Waals surface area contributed by atoms with Crippen molar-refractivity contribution in [2.45, 2.75) is 32.7 Å². The molecule has 2 aromatic rings. The van der Waals surface area contributed by atoms with Crippen molar-refractivity contribution in [2.24, 2.45) is 0 Å². The van der Waals surface area contributed by atoms with Crippen LogP contribution >= 0.6 is 0 Å². The molecule has 2 heterocycles. The summed E-state index contributed by atoms with van der Waals surface area (Å²) in [6.45, 7) is 7.41. The lowest BCUT2D eigenvalue weighted by atomic mass is 10.0.